The summed E-state index contributed by atoms with van der Waals surface area (Å²) >= 11 is 3.29. The van der Waals surface area contributed by atoms with Gasteiger partial charge >= 0.3 is 0 Å². The Labute approximate surface area is 92.1 Å². The normalized spacial score (nSPS) is 12.2. The molecule has 1 atom stereocenters. The lowest BCUT2D eigenvalue weighted by molar-refractivity contribution is 0.0938. The van der Waals surface area contributed by atoms with Crippen LogP contribution in [0.15, 0.2) is 22.9 Å². The van der Waals surface area contributed by atoms with Gasteiger partial charge in [0.2, 0.25) is 0 Å². The molecule has 0 bridgehead atoms. The van der Waals surface area contributed by atoms with Crippen molar-refractivity contribution in [1.29, 1.82) is 0 Å². The van der Waals surface area contributed by atoms with Gasteiger partial charge in [0.05, 0.1) is 5.56 Å². The Bertz CT molecular complexity index is 328. The number of hydrogen-bond donors (Lipinski definition) is 1. The molecule has 1 heterocycles. The Hall–Kier alpha value is -0.900. The van der Waals surface area contributed by atoms with Crippen LogP contribution in [0.3, 0.4) is 0 Å². The van der Waals surface area contributed by atoms with Gasteiger partial charge in [0, 0.05) is 22.9 Å². The third-order valence-corrected chi connectivity index (χ3v) is 2.64. The number of nitrogens with zero attached hydrogens (tertiary/aromatic N) is 1. The number of amides is 1. The van der Waals surface area contributed by atoms with Crippen LogP contribution in [0, 0.1) is 0 Å². The van der Waals surface area contributed by atoms with Gasteiger partial charge in [-0.2, -0.15) is 0 Å². The van der Waals surface area contributed by atoms with Crippen molar-refractivity contribution in [1.82, 2.24) is 10.3 Å². The maximum absolute atomic E-state index is 11.7. The molecule has 14 heavy (non-hydrogen) atoms. The molecule has 1 rings (SSSR count). The maximum atomic E-state index is 11.7. The number of hydrogen-bond acceptors (Lipinski definition) is 2. The van der Waals surface area contributed by atoms with Crippen molar-refractivity contribution in [3.05, 3.63) is 28.5 Å². The summed E-state index contributed by atoms with van der Waals surface area (Å²) in [6.07, 6.45) is 4.15. The van der Waals surface area contributed by atoms with Crippen LogP contribution in [0.25, 0.3) is 0 Å². The fraction of sp³-hybridized carbons (Fsp3) is 0.400. The van der Waals surface area contributed by atoms with E-state index in [2.05, 4.69) is 26.2 Å². The molecule has 4 heteroatoms. The van der Waals surface area contributed by atoms with Crippen LogP contribution in [-0.4, -0.2) is 16.9 Å². The van der Waals surface area contributed by atoms with Crippen molar-refractivity contribution in [2.24, 2.45) is 0 Å². The first-order chi connectivity index (χ1) is 6.65. The molecule has 0 fully saturated rings. The Kier molecular flexibility index (Phi) is 4.07. The third kappa shape index (κ3) is 2.80. The fourth-order valence-electron chi connectivity index (χ4n) is 0.963. The van der Waals surface area contributed by atoms with Crippen LogP contribution in [0.2, 0.25) is 0 Å². The average molecular weight is 257 g/mol. The van der Waals surface area contributed by atoms with E-state index < -0.39 is 0 Å². The number of rotatable bonds is 3. The van der Waals surface area contributed by atoms with Crippen molar-refractivity contribution in [3.8, 4) is 0 Å². The van der Waals surface area contributed by atoms with Crippen LogP contribution >= 0.6 is 15.9 Å². The molecule has 0 spiro atoms. The van der Waals surface area contributed by atoms with Crippen LogP contribution in [0.1, 0.15) is 30.6 Å². The first-order valence-corrected chi connectivity index (χ1v) is 5.34. The molecule has 1 aromatic heterocycles. The lowest BCUT2D eigenvalue weighted by Gasteiger charge is -2.11. The summed E-state index contributed by atoms with van der Waals surface area (Å²) in [5, 5.41) is 2.89. The van der Waals surface area contributed by atoms with Crippen molar-refractivity contribution < 1.29 is 4.79 Å². The fourth-order valence-corrected chi connectivity index (χ4v) is 1.39. The number of nitrogens with one attached hydrogen (secondary N) is 1. The molecule has 0 aliphatic rings. The first-order valence-electron chi connectivity index (χ1n) is 4.55. The Morgan fingerprint density at radius 1 is 1.71 bits per heavy atom. The van der Waals surface area contributed by atoms with Crippen molar-refractivity contribution in [2.75, 3.05) is 0 Å². The van der Waals surface area contributed by atoms with E-state index in [-0.39, 0.29) is 11.9 Å². The minimum atomic E-state index is -0.0615. The number of carbonyl (C=O) groups is 1. The molecule has 0 radical (unpaired) electrons. The van der Waals surface area contributed by atoms with Crippen LogP contribution in [-0.2, 0) is 0 Å². The largest absolute Gasteiger partial charge is 0.350 e. The van der Waals surface area contributed by atoms with E-state index in [0.29, 0.717) is 5.56 Å². The SMILES string of the molecule is CCC(C)NC(=O)c1ccncc1Br. The number of pyridine rings is 1. The van der Waals surface area contributed by atoms with Crippen molar-refractivity contribution in [3.63, 3.8) is 0 Å². The van der Waals surface area contributed by atoms with E-state index in [1.807, 2.05) is 13.8 Å². The summed E-state index contributed by atoms with van der Waals surface area (Å²) in [5.41, 5.74) is 0.625. The molecule has 1 amide bonds. The third-order valence-electron chi connectivity index (χ3n) is 2.01. The summed E-state index contributed by atoms with van der Waals surface area (Å²) in [6, 6.07) is 1.89. The molecule has 0 aromatic carbocycles. The molecule has 76 valence electrons. The van der Waals surface area contributed by atoms with Gasteiger partial charge in [-0.25, -0.2) is 0 Å². The molecule has 1 aromatic rings. The van der Waals surface area contributed by atoms with Gasteiger partial charge in [-0.3, -0.25) is 9.78 Å². The first kappa shape index (κ1) is 11.2. The van der Waals surface area contributed by atoms with Crippen molar-refractivity contribution in [2.45, 2.75) is 26.3 Å². The topological polar surface area (TPSA) is 42.0 Å². The molecular formula is C10H13BrN2O. The van der Waals surface area contributed by atoms with Gasteiger partial charge < -0.3 is 5.32 Å². The van der Waals surface area contributed by atoms with Gasteiger partial charge in [-0.15, -0.1) is 0 Å². The predicted octanol–water partition coefficient (Wildman–Crippen LogP) is 2.37. The minimum Gasteiger partial charge on any atom is -0.350 e. The summed E-state index contributed by atoms with van der Waals surface area (Å²) in [6.45, 7) is 4.01. The number of aromatic nitrogens is 1. The zero-order chi connectivity index (χ0) is 10.6. The average Bonchev–Trinajstić information content (AvgIpc) is 2.18. The van der Waals surface area contributed by atoms with E-state index in [1.165, 1.54) is 0 Å². The molecule has 0 aliphatic carbocycles. The molecule has 3 nitrogen and oxygen atoms in total. The molecule has 1 unspecified atom stereocenters. The summed E-state index contributed by atoms with van der Waals surface area (Å²) in [5.74, 6) is -0.0615. The predicted molar refractivity (Wildman–Crippen MR) is 59.2 cm³/mol. The highest BCUT2D eigenvalue weighted by Gasteiger charge is 2.10. The van der Waals surface area contributed by atoms with Gasteiger partial charge in [0.15, 0.2) is 0 Å². The standard InChI is InChI=1S/C10H13BrN2O/c1-3-7(2)13-10(14)8-4-5-12-6-9(8)11/h4-7H,3H2,1-2H3,(H,13,14). The summed E-state index contributed by atoms with van der Waals surface area (Å²) < 4.78 is 0.723. The monoisotopic (exact) mass is 256 g/mol. The highest BCUT2D eigenvalue weighted by molar-refractivity contribution is 9.10. The molecular weight excluding hydrogens is 244 g/mol. The Morgan fingerprint density at radius 3 is 3.00 bits per heavy atom. The van der Waals surface area contributed by atoms with Crippen LogP contribution < -0.4 is 5.32 Å². The van der Waals surface area contributed by atoms with E-state index in [9.17, 15) is 4.79 Å². The Balaban J connectivity index is 2.75. The van der Waals surface area contributed by atoms with Crippen molar-refractivity contribution >= 4 is 21.8 Å². The van der Waals surface area contributed by atoms with E-state index >= 15 is 0 Å². The van der Waals surface area contributed by atoms with Crippen LogP contribution in [0.5, 0.6) is 0 Å². The van der Waals surface area contributed by atoms with Gasteiger partial charge in [0.1, 0.15) is 0 Å². The van der Waals surface area contributed by atoms with E-state index in [1.54, 1.807) is 18.5 Å². The zero-order valence-corrected chi connectivity index (χ0v) is 9.84. The summed E-state index contributed by atoms with van der Waals surface area (Å²) in [4.78, 5) is 15.6. The van der Waals surface area contributed by atoms with E-state index in [0.717, 1.165) is 10.9 Å². The second-order valence-electron chi connectivity index (χ2n) is 3.14. The number of carbonyl (C=O) groups excluding carboxylic acids is 1. The molecule has 0 aliphatic heterocycles. The molecule has 0 saturated heterocycles. The minimum absolute atomic E-state index is 0.0615. The van der Waals surface area contributed by atoms with E-state index in [4.69, 9.17) is 0 Å². The lowest BCUT2D eigenvalue weighted by atomic mass is 10.2. The lowest BCUT2D eigenvalue weighted by Crippen LogP contribution is -2.32. The highest BCUT2D eigenvalue weighted by atomic mass is 79.9. The molecule has 1 N–H and O–H groups in total. The second-order valence-corrected chi connectivity index (χ2v) is 3.99. The van der Waals surface area contributed by atoms with Gasteiger partial charge in [0.25, 0.3) is 5.91 Å². The summed E-state index contributed by atoms with van der Waals surface area (Å²) in [7, 11) is 0. The second kappa shape index (κ2) is 5.10. The smallest absolute Gasteiger partial charge is 0.252 e. The van der Waals surface area contributed by atoms with Crippen LogP contribution in [0.4, 0.5) is 0 Å². The highest BCUT2D eigenvalue weighted by Crippen LogP contribution is 2.14. The van der Waals surface area contributed by atoms with Gasteiger partial charge in [-0.05, 0) is 35.3 Å². The zero-order valence-electron chi connectivity index (χ0n) is 8.25. The number of halogens is 1. The Morgan fingerprint density at radius 2 is 2.43 bits per heavy atom. The maximum Gasteiger partial charge on any atom is 0.252 e. The van der Waals surface area contributed by atoms with Gasteiger partial charge in [-0.1, -0.05) is 6.92 Å². The quantitative estimate of drug-likeness (QED) is 0.903. The molecule has 0 saturated carbocycles.